The molecule has 4 rings (SSSR count). The van der Waals surface area contributed by atoms with Crippen molar-refractivity contribution < 1.29 is 19.5 Å². The highest BCUT2D eigenvalue weighted by molar-refractivity contribution is 8.02. The Morgan fingerprint density at radius 2 is 1.77 bits per heavy atom. The van der Waals surface area contributed by atoms with E-state index in [2.05, 4.69) is 19.1 Å². The van der Waals surface area contributed by atoms with Gasteiger partial charge in [-0.2, -0.15) is 0 Å². The van der Waals surface area contributed by atoms with E-state index < -0.39 is 33.4 Å². The van der Waals surface area contributed by atoms with Crippen molar-refractivity contribution >= 4 is 29.5 Å². The highest BCUT2D eigenvalue weighted by atomic mass is 32.2. The lowest BCUT2D eigenvalue weighted by atomic mass is 9.74. The maximum atomic E-state index is 14.4. The summed E-state index contributed by atoms with van der Waals surface area (Å²) in [5.41, 5.74) is 0. The largest absolute Gasteiger partial charge is 0.394 e. The van der Waals surface area contributed by atoms with Crippen LogP contribution in [-0.2, 0) is 14.4 Å². The molecule has 7 nitrogen and oxygen atoms in total. The highest BCUT2D eigenvalue weighted by Gasteiger charge is 2.74. The number of aliphatic hydroxyl groups excluding tert-OH is 1. The van der Waals surface area contributed by atoms with Crippen LogP contribution in [0.3, 0.4) is 0 Å². The third-order valence-electron chi connectivity index (χ3n) is 8.66. The third-order valence-corrected chi connectivity index (χ3v) is 10.5. The van der Waals surface area contributed by atoms with Crippen molar-refractivity contribution in [1.82, 2.24) is 14.7 Å². The normalized spacial score (nSPS) is 36.1. The maximum absolute atomic E-state index is 14.4. The van der Waals surface area contributed by atoms with E-state index in [1.165, 1.54) is 0 Å². The van der Waals surface area contributed by atoms with Gasteiger partial charge in [0.25, 0.3) is 0 Å². The van der Waals surface area contributed by atoms with Gasteiger partial charge in [-0.3, -0.25) is 14.4 Å². The quantitative estimate of drug-likeness (QED) is 0.407. The molecule has 0 aromatic carbocycles. The van der Waals surface area contributed by atoms with Crippen molar-refractivity contribution in [3.05, 3.63) is 24.3 Å². The first-order valence-electron chi connectivity index (χ1n) is 13.2. The Bertz CT molecular complexity index is 922. The molecule has 8 heteroatoms. The molecule has 4 aliphatic heterocycles. The molecule has 1 spiro atoms. The topological polar surface area (TPSA) is 81.2 Å². The fourth-order valence-electron chi connectivity index (χ4n) is 6.55. The van der Waals surface area contributed by atoms with Crippen LogP contribution in [0.25, 0.3) is 0 Å². The number of amides is 3. The van der Waals surface area contributed by atoms with Crippen LogP contribution >= 0.6 is 11.8 Å². The van der Waals surface area contributed by atoms with Crippen LogP contribution in [0.2, 0.25) is 0 Å². The van der Waals surface area contributed by atoms with Crippen LogP contribution in [0.4, 0.5) is 0 Å². The molecule has 1 unspecified atom stereocenters. The summed E-state index contributed by atoms with van der Waals surface area (Å²) in [6.45, 7) is 9.71. The Balaban J connectivity index is 1.85. The molecule has 4 aliphatic rings. The molecule has 1 N–H and O–H groups in total. The van der Waals surface area contributed by atoms with Gasteiger partial charge in [-0.1, -0.05) is 64.3 Å². The number of hydrogen-bond acceptors (Lipinski definition) is 5. The van der Waals surface area contributed by atoms with Gasteiger partial charge in [0.1, 0.15) is 6.04 Å². The van der Waals surface area contributed by atoms with E-state index in [0.717, 1.165) is 25.7 Å². The SMILES string of the molecule is CCCCCN1CC=C[C@]23S[C@]4(C)C=CCN(C)C(=O)[C@@H]4[C@H]2C(=O)N([C@@H](CO)[C@@H](C)CC)C3C1=O. The fraction of sp³-hybridized carbons (Fsp3) is 0.741. The number of carbonyl (C=O) groups is 3. The molecule has 0 aliphatic carbocycles. The summed E-state index contributed by atoms with van der Waals surface area (Å²) in [5.74, 6) is -1.44. The van der Waals surface area contributed by atoms with Gasteiger partial charge < -0.3 is 19.8 Å². The van der Waals surface area contributed by atoms with Gasteiger partial charge in [-0.25, -0.2) is 0 Å². The minimum Gasteiger partial charge on any atom is -0.394 e. The number of rotatable bonds is 8. The molecule has 4 heterocycles. The molecular formula is C27H41N3O4S. The monoisotopic (exact) mass is 503 g/mol. The standard InChI is InChI=1S/C27H41N3O4S/c1-6-8-9-15-29-16-11-13-27-21(20-23(32)28(5)14-10-12-26(20,4)35-27)24(33)30(22(27)25(29)34)19(17-31)18(3)7-2/h10-13,18-22,31H,6-9,14-17H2,1-5H3/t18-,19-,20-,21-,22?,26+,27-/m0/s1. The van der Waals surface area contributed by atoms with Crippen LogP contribution < -0.4 is 0 Å². The number of thioether (sulfide) groups is 1. The smallest absolute Gasteiger partial charge is 0.247 e. The van der Waals surface area contributed by atoms with Gasteiger partial charge in [0.15, 0.2) is 0 Å². The molecule has 2 saturated heterocycles. The van der Waals surface area contributed by atoms with Crippen LogP contribution in [-0.4, -0.2) is 92.4 Å². The summed E-state index contributed by atoms with van der Waals surface area (Å²) < 4.78 is -1.42. The third kappa shape index (κ3) is 4.05. The zero-order valence-corrected chi connectivity index (χ0v) is 22.6. The summed E-state index contributed by atoms with van der Waals surface area (Å²) in [6.07, 6.45) is 12.0. The van der Waals surface area contributed by atoms with E-state index in [9.17, 15) is 19.5 Å². The first-order valence-corrected chi connectivity index (χ1v) is 14.0. The average Bonchev–Trinajstić information content (AvgIpc) is 3.11. The van der Waals surface area contributed by atoms with Gasteiger partial charge in [0.05, 0.1) is 29.2 Å². The van der Waals surface area contributed by atoms with Crippen molar-refractivity contribution in [3.63, 3.8) is 0 Å². The van der Waals surface area contributed by atoms with E-state index in [4.69, 9.17) is 0 Å². The van der Waals surface area contributed by atoms with Crippen molar-refractivity contribution in [2.24, 2.45) is 17.8 Å². The molecular weight excluding hydrogens is 462 g/mol. The summed E-state index contributed by atoms with van der Waals surface area (Å²) in [7, 11) is 1.78. The molecule has 0 aromatic rings. The Morgan fingerprint density at radius 1 is 1.06 bits per heavy atom. The molecule has 0 aromatic heterocycles. The first-order chi connectivity index (χ1) is 16.7. The lowest BCUT2D eigenvalue weighted by Crippen LogP contribution is -2.58. The van der Waals surface area contributed by atoms with Gasteiger partial charge in [0.2, 0.25) is 17.7 Å². The van der Waals surface area contributed by atoms with E-state index in [1.807, 2.05) is 37.8 Å². The lowest BCUT2D eigenvalue weighted by molar-refractivity contribution is -0.148. The number of likely N-dealkylation sites (N-methyl/N-ethyl adjacent to an activating group) is 1. The number of likely N-dealkylation sites (tertiary alicyclic amines) is 1. The van der Waals surface area contributed by atoms with Crippen LogP contribution in [0.15, 0.2) is 24.3 Å². The number of unbranched alkanes of at least 4 members (excludes halogenated alkanes) is 2. The molecule has 7 atom stereocenters. The second-order valence-corrected chi connectivity index (χ2v) is 12.7. The number of nitrogens with zero attached hydrogens (tertiary/aromatic N) is 3. The molecule has 0 radical (unpaired) electrons. The average molecular weight is 504 g/mol. The summed E-state index contributed by atoms with van der Waals surface area (Å²) in [5, 5.41) is 10.4. The molecule has 194 valence electrons. The maximum Gasteiger partial charge on any atom is 0.247 e. The van der Waals surface area contributed by atoms with Crippen molar-refractivity contribution in [3.8, 4) is 0 Å². The Kier molecular flexibility index (Phi) is 7.45. The first kappa shape index (κ1) is 26.3. The zero-order chi connectivity index (χ0) is 25.5. The van der Waals surface area contributed by atoms with Crippen molar-refractivity contribution in [1.29, 1.82) is 0 Å². The van der Waals surface area contributed by atoms with Gasteiger partial charge in [-0.05, 0) is 19.3 Å². The molecule has 3 amide bonds. The summed E-state index contributed by atoms with van der Waals surface area (Å²) >= 11 is 1.61. The molecule has 0 saturated carbocycles. The Labute approximate surface area is 214 Å². The number of hydrogen-bond donors (Lipinski definition) is 1. The predicted octanol–water partition coefficient (Wildman–Crippen LogP) is 2.70. The lowest BCUT2D eigenvalue weighted by Gasteiger charge is -2.41. The molecule has 0 bridgehead atoms. The van der Waals surface area contributed by atoms with Gasteiger partial charge in [0, 0.05) is 31.4 Å². The van der Waals surface area contributed by atoms with Crippen LogP contribution in [0, 0.1) is 17.8 Å². The van der Waals surface area contributed by atoms with E-state index in [1.54, 1.807) is 28.6 Å². The second kappa shape index (κ2) is 9.92. The van der Waals surface area contributed by atoms with Gasteiger partial charge in [-0.15, -0.1) is 11.8 Å². The van der Waals surface area contributed by atoms with Crippen LogP contribution in [0.1, 0.15) is 53.4 Å². The fourth-order valence-corrected chi connectivity index (χ4v) is 8.70. The summed E-state index contributed by atoms with van der Waals surface area (Å²) in [4.78, 5) is 47.5. The molecule has 2 fully saturated rings. The Morgan fingerprint density at radius 3 is 2.43 bits per heavy atom. The second-order valence-electron chi connectivity index (χ2n) is 10.9. The van der Waals surface area contributed by atoms with E-state index in [0.29, 0.717) is 19.6 Å². The van der Waals surface area contributed by atoms with E-state index >= 15 is 0 Å². The Hall–Kier alpha value is -1.80. The van der Waals surface area contributed by atoms with Crippen LogP contribution in [0.5, 0.6) is 0 Å². The highest BCUT2D eigenvalue weighted by Crippen LogP contribution is 2.65. The minimum absolute atomic E-state index is 0.0252. The molecule has 35 heavy (non-hydrogen) atoms. The van der Waals surface area contributed by atoms with Crippen molar-refractivity contribution in [2.45, 2.75) is 75.0 Å². The zero-order valence-electron chi connectivity index (χ0n) is 21.8. The van der Waals surface area contributed by atoms with E-state index in [-0.39, 0.29) is 30.2 Å². The number of aliphatic hydroxyl groups is 1. The summed E-state index contributed by atoms with van der Waals surface area (Å²) in [6, 6.07) is -1.19. The minimum atomic E-state index is -0.841. The number of fused-ring (bicyclic) bond motifs is 2. The van der Waals surface area contributed by atoms with Gasteiger partial charge >= 0.3 is 0 Å². The van der Waals surface area contributed by atoms with Crippen molar-refractivity contribution in [2.75, 3.05) is 33.3 Å². The predicted molar refractivity (Wildman–Crippen MR) is 139 cm³/mol. The number of carbonyl (C=O) groups excluding carboxylic acids is 3.